The first-order valence-electron chi connectivity index (χ1n) is 6.13. The van der Waals surface area contributed by atoms with Gasteiger partial charge < -0.3 is 20.1 Å². The molecule has 20 heavy (non-hydrogen) atoms. The summed E-state index contributed by atoms with van der Waals surface area (Å²) >= 11 is 3.34. The van der Waals surface area contributed by atoms with Crippen LogP contribution in [0, 0.1) is 5.92 Å². The Morgan fingerprint density at radius 2 is 2.25 bits per heavy atom. The Kier molecular flexibility index (Phi) is 4.49. The smallest absolute Gasteiger partial charge is 0.321 e. The molecule has 1 aromatic rings. The molecule has 1 unspecified atom stereocenters. The van der Waals surface area contributed by atoms with Crippen molar-refractivity contribution in [2.75, 3.05) is 25.5 Å². The van der Waals surface area contributed by atoms with Crippen LogP contribution in [0.25, 0.3) is 0 Å². The maximum atomic E-state index is 12.0. The zero-order valence-electron chi connectivity index (χ0n) is 10.9. The molecule has 0 aromatic heterocycles. The molecule has 7 heteroatoms. The number of nitrogens with zero attached hydrogens (tertiary/aromatic N) is 1. The molecule has 2 amide bonds. The van der Waals surface area contributed by atoms with Crippen LogP contribution in [0.2, 0.25) is 0 Å². The van der Waals surface area contributed by atoms with E-state index in [1.807, 2.05) is 0 Å². The fourth-order valence-corrected chi connectivity index (χ4v) is 2.63. The quantitative estimate of drug-likeness (QED) is 0.883. The number of hydrogen-bond acceptors (Lipinski definition) is 3. The van der Waals surface area contributed by atoms with Gasteiger partial charge in [0.1, 0.15) is 5.75 Å². The van der Waals surface area contributed by atoms with Crippen LogP contribution in [0.1, 0.15) is 6.42 Å². The van der Waals surface area contributed by atoms with Crippen molar-refractivity contribution in [3.63, 3.8) is 0 Å². The van der Waals surface area contributed by atoms with Gasteiger partial charge in [0.15, 0.2) is 0 Å². The molecule has 1 aliphatic heterocycles. The summed E-state index contributed by atoms with van der Waals surface area (Å²) in [7, 11) is 1.56. The van der Waals surface area contributed by atoms with E-state index in [1.165, 1.54) is 4.90 Å². The number of nitrogens with one attached hydrogen (secondary N) is 1. The highest BCUT2D eigenvalue weighted by atomic mass is 79.9. The van der Waals surface area contributed by atoms with Crippen molar-refractivity contribution in [2.24, 2.45) is 5.92 Å². The summed E-state index contributed by atoms with van der Waals surface area (Å²) in [6.07, 6.45) is 0.495. The number of aliphatic carboxylic acids is 1. The molecule has 0 spiro atoms. The number of ether oxygens (including phenoxy) is 1. The second-order valence-electron chi connectivity index (χ2n) is 4.55. The van der Waals surface area contributed by atoms with Gasteiger partial charge in [-0.3, -0.25) is 4.79 Å². The van der Waals surface area contributed by atoms with Gasteiger partial charge in [-0.25, -0.2) is 4.79 Å². The van der Waals surface area contributed by atoms with Gasteiger partial charge in [-0.1, -0.05) is 0 Å². The molecule has 1 atom stereocenters. The highest BCUT2D eigenvalue weighted by Gasteiger charge is 2.30. The van der Waals surface area contributed by atoms with Crippen molar-refractivity contribution in [2.45, 2.75) is 6.42 Å². The molecule has 1 aliphatic rings. The number of halogens is 1. The first-order valence-corrected chi connectivity index (χ1v) is 6.93. The summed E-state index contributed by atoms with van der Waals surface area (Å²) in [6.45, 7) is 0.707. The lowest BCUT2D eigenvalue weighted by atomic mass is 10.1. The third-order valence-corrected chi connectivity index (χ3v) is 3.85. The van der Waals surface area contributed by atoms with Gasteiger partial charge >= 0.3 is 12.0 Å². The molecule has 6 nitrogen and oxygen atoms in total. The topological polar surface area (TPSA) is 78.9 Å². The van der Waals surface area contributed by atoms with Gasteiger partial charge in [-0.15, -0.1) is 0 Å². The number of carboxylic acid groups (broad SMARTS) is 1. The Labute approximate surface area is 124 Å². The molecule has 1 aromatic carbocycles. The Morgan fingerprint density at radius 3 is 2.80 bits per heavy atom. The standard InChI is InChI=1S/C13H15BrN2O4/c1-20-11-3-2-9(6-10(11)14)15-13(19)16-5-4-8(7-16)12(17)18/h2-3,6,8H,4-5,7H2,1H3,(H,15,19)(H,17,18). The van der Waals surface area contributed by atoms with Crippen LogP contribution in [0.5, 0.6) is 5.75 Å². The highest BCUT2D eigenvalue weighted by molar-refractivity contribution is 9.10. The van der Waals surface area contributed by atoms with E-state index in [0.717, 1.165) is 4.47 Å². The molecule has 0 bridgehead atoms. The first-order chi connectivity index (χ1) is 9.51. The Balaban J connectivity index is 1.98. The molecule has 2 rings (SSSR count). The highest BCUT2D eigenvalue weighted by Crippen LogP contribution is 2.28. The number of methoxy groups -OCH3 is 1. The lowest BCUT2D eigenvalue weighted by Crippen LogP contribution is -2.33. The van der Waals surface area contributed by atoms with Crippen LogP contribution >= 0.6 is 15.9 Å². The van der Waals surface area contributed by atoms with Crippen molar-refractivity contribution < 1.29 is 19.4 Å². The summed E-state index contributed by atoms with van der Waals surface area (Å²) in [5.41, 5.74) is 0.626. The molecule has 108 valence electrons. The van der Waals surface area contributed by atoms with E-state index in [9.17, 15) is 9.59 Å². The van der Waals surface area contributed by atoms with Gasteiger partial charge in [0.05, 0.1) is 17.5 Å². The minimum Gasteiger partial charge on any atom is -0.496 e. The lowest BCUT2D eigenvalue weighted by molar-refractivity contribution is -0.141. The summed E-state index contributed by atoms with van der Waals surface area (Å²) in [4.78, 5) is 24.4. The molecular formula is C13H15BrN2O4. The second-order valence-corrected chi connectivity index (χ2v) is 5.40. The zero-order chi connectivity index (χ0) is 14.7. The molecular weight excluding hydrogens is 328 g/mol. The summed E-state index contributed by atoms with van der Waals surface area (Å²) < 4.78 is 5.85. The Bertz CT molecular complexity index is 535. The van der Waals surface area contributed by atoms with E-state index < -0.39 is 11.9 Å². The van der Waals surface area contributed by atoms with E-state index in [0.29, 0.717) is 24.4 Å². The minimum atomic E-state index is -0.854. The SMILES string of the molecule is COc1ccc(NC(=O)N2CCC(C(=O)O)C2)cc1Br. The number of carboxylic acids is 1. The average molecular weight is 343 g/mol. The summed E-state index contributed by atoms with van der Waals surface area (Å²) in [6, 6.07) is 4.92. The van der Waals surface area contributed by atoms with Gasteiger partial charge in [0.2, 0.25) is 0 Å². The lowest BCUT2D eigenvalue weighted by Gasteiger charge is -2.17. The number of amides is 2. The number of anilines is 1. The van der Waals surface area contributed by atoms with E-state index in [2.05, 4.69) is 21.2 Å². The number of likely N-dealkylation sites (tertiary alicyclic amines) is 1. The Morgan fingerprint density at radius 1 is 1.50 bits per heavy atom. The van der Waals surface area contributed by atoms with E-state index in [4.69, 9.17) is 9.84 Å². The van der Waals surface area contributed by atoms with Crippen LogP contribution in [-0.4, -0.2) is 42.2 Å². The van der Waals surface area contributed by atoms with Gasteiger partial charge in [0, 0.05) is 18.8 Å². The molecule has 1 fully saturated rings. The first kappa shape index (κ1) is 14.6. The van der Waals surface area contributed by atoms with Crippen molar-refractivity contribution >= 4 is 33.6 Å². The van der Waals surface area contributed by atoms with E-state index >= 15 is 0 Å². The zero-order valence-corrected chi connectivity index (χ0v) is 12.5. The molecule has 0 aliphatic carbocycles. The molecule has 2 N–H and O–H groups in total. The third-order valence-electron chi connectivity index (χ3n) is 3.23. The Hall–Kier alpha value is -1.76. The van der Waals surface area contributed by atoms with Gasteiger partial charge in [0.25, 0.3) is 0 Å². The number of urea groups is 1. The summed E-state index contributed by atoms with van der Waals surface area (Å²) in [5.74, 6) is -0.647. The van der Waals surface area contributed by atoms with Gasteiger partial charge in [-0.05, 0) is 40.5 Å². The molecule has 0 saturated carbocycles. The minimum absolute atomic E-state index is 0.249. The van der Waals surface area contributed by atoms with E-state index in [-0.39, 0.29) is 12.6 Å². The monoisotopic (exact) mass is 342 g/mol. The van der Waals surface area contributed by atoms with Crippen LogP contribution in [0.4, 0.5) is 10.5 Å². The number of hydrogen-bond donors (Lipinski definition) is 2. The van der Waals surface area contributed by atoms with Crippen molar-refractivity contribution in [3.8, 4) is 5.75 Å². The maximum Gasteiger partial charge on any atom is 0.321 e. The largest absolute Gasteiger partial charge is 0.496 e. The predicted octanol–water partition coefficient (Wildman–Crippen LogP) is 2.40. The number of rotatable bonds is 3. The molecule has 0 radical (unpaired) electrons. The molecule has 1 heterocycles. The third kappa shape index (κ3) is 3.22. The van der Waals surface area contributed by atoms with Gasteiger partial charge in [-0.2, -0.15) is 0 Å². The van der Waals surface area contributed by atoms with Crippen molar-refractivity contribution in [1.82, 2.24) is 4.90 Å². The number of carbonyl (C=O) groups excluding carboxylic acids is 1. The number of benzene rings is 1. The number of carbonyl (C=O) groups is 2. The van der Waals surface area contributed by atoms with E-state index in [1.54, 1.807) is 25.3 Å². The molecule has 1 saturated heterocycles. The van der Waals surface area contributed by atoms with Crippen molar-refractivity contribution in [1.29, 1.82) is 0 Å². The summed E-state index contributed by atoms with van der Waals surface area (Å²) in [5, 5.41) is 11.7. The van der Waals surface area contributed by atoms with Crippen molar-refractivity contribution in [3.05, 3.63) is 22.7 Å². The normalized spacial score (nSPS) is 17.9. The average Bonchev–Trinajstić information content (AvgIpc) is 2.88. The maximum absolute atomic E-state index is 12.0. The van der Waals surface area contributed by atoms with Crippen LogP contribution < -0.4 is 10.1 Å². The van der Waals surface area contributed by atoms with Crippen LogP contribution in [-0.2, 0) is 4.79 Å². The van der Waals surface area contributed by atoms with Crippen LogP contribution in [0.3, 0.4) is 0 Å². The van der Waals surface area contributed by atoms with Crippen LogP contribution in [0.15, 0.2) is 22.7 Å². The fraction of sp³-hybridized carbons (Fsp3) is 0.385. The predicted molar refractivity (Wildman–Crippen MR) is 77.0 cm³/mol. The second kappa shape index (κ2) is 6.13. The fourth-order valence-electron chi connectivity index (χ4n) is 2.09.